The summed E-state index contributed by atoms with van der Waals surface area (Å²) in [6.45, 7) is 1.50. The molecule has 0 atom stereocenters. The van der Waals surface area contributed by atoms with E-state index in [0.717, 1.165) is 32.0 Å². The Morgan fingerprint density at radius 3 is 2.53 bits per heavy atom. The molecule has 1 saturated heterocycles. The molecule has 0 aromatic carbocycles. The number of hydrazine groups is 1. The molecule has 0 aliphatic carbocycles. The van der Waals surface area contributed by atoms with Crippen molar-refractivity contribution in [3.05, 3.63) is 17.7 Å². The van der Waals surface area contributed by atoms with Gasteiger partial charge in [-0.15, -0.1) is 0 Å². The average molecular weight is 214 g/mol. The van der Waals surface area contributed by atoms with E-state index in [1.54, 1.807) is 4.90 Å². The maximum absolute atomic E-state index is 13.4. The van der Waals surface area contributed by atoms with Crippen molar-refractivity contribution in [2.24, 2.45) is 5.84 Å². The third-order valence-corrected chi connectivity index (χ3v) is 2.45. The van der Waals surface area contributed by atoms with Crippen molar-refractivity contribution in [1.29, 1.82) is 0 Å². The number of nitrogens with one attached hydrogen (secondary N) is 1. The van der Waals surface area contributed by atoms with Gasteiger partial charge in [-0.05, 0) is 12.8 Å². The Hall–Kier alpha value is -1.43. The van der Waals surface area contributed by atoms with Gasteiger partial charge in [-0.3, -0.25) is 0 Å². The number of nitrogens with two attached hydrogens (primary N) is 1. The largest absolute Gasteiger partial charge is 0.354 e. The molecule has 2 rings (SSSR count). The predicted octanol–water partition coefficient (Wildman–Crippen LogP) is 1.25. The molecule has 4 nitrogen and oxygen atoms in total. The van der Waals surface area contributed by atoms with Gasteiger partial charge in [-0.25, -0.2) is 19.6 Å². The summed E-state index contributed by atoms with van der Waals surface area (Å²) in [6, 6.07) is 0.801. The molecule has 1 aromatic heterocycles. The molecule has 2 heterocycles. The summed E-state index contributed by atoms with van der Waals surface area (Å²) in [5.41, 5.74) is 2.11. The number of pyridine rings is 1. The highest BCUT2D eigenvalue weighted by Gasteiger charge is 2.19. The maximum Gasteiger partial charge on any atom is 0.178 e. The molecule has 0 amide bonds. The number of anilines is 2. The minimum absolute atomic E-state index is 0.127. The van der Waals surface area contributed by atoms with Crippen molar-refractivity contribution >= 4 is 11.6 Å². The number of hydrogen-bond donors (Lipinski definition) is 2. The lowest BCUT2D eigenvalue weighted by molar-refractivity contribution is 0.573. The van der Waals surface area contributed by atoms with Crippen LogP contribution in [0.25, 0.3) is 0 Å². The second-order valence-electron chi connectivity index (χ2n) is 3.46. The van der Waals surface area contributed by atoms with Crippen LogP contribution in [0.5, 0.6) is 0 Å². The lowest BCUT2D eigenvalue weighted by Crippen LogP contribution is -2.22. The van der Waals surface area contributed by atoms with Crippen LogP contribution in [0.4, 0.5) is 20.4 Å². The van der Waals surface area contributed by atoms with Crippen molar-refractivity contribution in [3.63, 3.8) is 0 Å². The van der Waals surface area contributed by atoms with Crippen LogP contribution >= 0.6 is 0 Å². The zero-order valence-electron chi connectivity index (χ0n) is 8.13. The minimum Gasteiger partial charge on any atom is -0.354 e. The Morgan fingerprint density at radius 2 is 1.93 bits per heavy atom. The minimum atomic E-state index is -0.780. The quantitative estimate of drug-likeness (QED) is 0.574. The normalized spacial score (nSPS) is 15.8. The first-order chi connectivity index (χ1) is 7.22. The molecule has 3 N–H and O–H groups in total. The van der Waals surface area contributed by atoms with Gasteiger partial charge in [0, 0.05) is 19.2 Å². The molecule has 1 aromatic rings. The summed E-state index contributed by atoms with van der Waals surface area (Å²) < 4.78 is 26.5. The fraction of sp³-hybridized carbons (Fsp3) is 0.444. The smallest absolute Gasteiger partial charge is 0.178 e. The van der Waals surface area contributed by atoms with Gasteiger partial charge < -0.3 is 10.3 Å². The van der Waals surface area contributed by atoms with Crippen molar-refractivity contribution < 1.29 is 8.78 Å². The first kappa shape index (κ1) is 10.1. The standard InChI is InChI=1S/C9H12F2N4/c10-6-5-7(11)9(13-8(6)14-12)15-3-1-2-4-15/h5H,1-4,12H2,(H,13,14). The Balaban J connectivity index is 2.37. The first-order valence-electron chi connectivity index (χ1n) is 4.80. The van der Waals surface area contributed by atoms with E-state index in [4.69, 9.17) is 5.84 Å². The topological polar surface area (TPSA) is 54.2 Å². The van der Waals surface area contributed by atoms with E-state index >= 15 is 0 Å². The molecule has 0 radical (unpaired) electrons. The Labute approximate surface area is 86.1 Å². The van der Waals surface area contributed by atoms with E-state index < -0.39 is 11.6 Å². The summed E-state index contributed by atoms with van der Waals surface area (Å²) in [6.07, 6.45) is 2.01. The molecule has 0 saturated carbocycles. The molecular weight excluding hydrogens is 202 g/mol. The number of rotatable bonds is 2. The Morgan fingerprint density at radius 1 is 1.27 bits per heavy atom. The molecule has 0 unspecified atom stereocenters. The summed E-state index contributed by atoms with van der Waals surface area (Å²) in [5, 5.41) is 0. The SMILES string of the molecule is NNc1nc(N2CCCC2)c(F)cc1F. The number of aromatic nitrogens is 1. The van der Waals surface area contributed by atoms with Crippen LogP contribution < -0.4 is 16.2 Å². The second kappa shape index (κ2) is 3.98. The van der Waals surface area contributed by atoms with Crippen LogP contribution in [0.15, 0.2) is 6.07 Å². The van der Waals surface area contributed by atoms with Crippen LogP contribution in [0.1, 0.15) is 12.8 Å². The van der Waals surface area contributed by atoms with E-state index in [-0.39, 0.29) is 11.6 Å². The maximum atomic E-state index is 13.4. The third kappa shape index (κ3) is 1.85. The molecule has 0 spiro atoms. The molecule has 82 valence electrons. The van der Waals surface area contributed by atoms with Crippen molar-refractivity contribution in [2.75, 3.05) is 23.4 Å². The monoisotopic (exact) mass is 214 g/mol. The zero-order valence-corrected chi connectivity index (χ0v) is 8.13. The Bertz CT molecular complexity index is 363. The van der Waals surface area contributed by atoms with Gasteiger partial charge >= 0.3 is 0 Å². The fourth-order valence-corrected chi connectivity index (χ4v) is 1.71. The third-order valence-electron chi connectivity index (χ3n) is 2.45. The van der Waals surface area contributed by atoms with Crippen LogP contribution in [-0.4, -0.2) is 18.1 Å². The fourth-order valence-electron chi connectivity index (χ4n) is 1.71. The summed E-state index contributed by atoms with van der Waals surface area (Å²) >= 11 is 0. The van der Waals surface area contributed by atoms with E-state index in [0.29, 0.717) is 0 Å². The van der Waals surface area contributed by atoms with Crippen molar-refractivity contribution in [3.8, 4) is 0 Å². The molecule has 0 bridgehead atoms. The van der Waals surface area contributed by atoms with E-state index in [1.807, 2.05) is 0 Å². The van der Waals surface area contributed by atoms with Gasteiger partial charge in [-0.2, -0.15) is 0 Å². The summed E-state index contributed by atoms with van der Waals surface area (Å²) in [5.74, 6) is 3.69. The number of nitrogen functional groups attached to an aromatic ring is 1. The van der Waals surface area contributed by atoms with Gasteiger partial charge in [0.25, 0.3) is 0 Å². The van der Waals surface area contributed by atoms with Crippen LogP contribution in [0, 0.1) is 11.6 Å². The van der Waals surface area contributed by atoms with Gasteiger partial charge in [0.2, 0.25) is 0 Å². The number of nitrogens with zero attached hydrogens (tertiary/aromatic N) is 2. The predicted molar refractivity (Wildman–Crippen MR) is 53.4 cm³/mol. The van der Waals surface area contributed by atoms with Crippen LogP contribution in [-0.2, 0) is 0 Å². The summed E-state index contributed by atoms with van der Waals surface area (Å²) in [7, 11) is 0. The molecule has 1 aliphatic rings. The highest BCUT2D eigenvalue weighted by atomic mass is 19.1. The molecule has 1 fully saturated rings. The van der Waals surface area contributed by atoms with Crippen LogP contribution in [0.3, 0.4) is 0 Å². The molecule has 1 aliphatic heterocycles. The zero-order chi connectivity index (χ0) is 10.8. The molecule has 6 heteroatoms. The summed E-state index contributed by atoms with van der Waals surface area (Å²) in [4.78, 5) is 5.60. The Kier molecular flexibility index (Phi) is 2.68. The lowest BCUT2D eigenvalue weighted by atomic mass is 10.4. The second-order valence-corrected chi connectivity index (χ2v) is 3.46. The van der Waals surface area contributed by atoms with Crippen molar-refractivity contribution in [1.82, 2.24) is 4.98 Å². The van der Waals surface area contributed by atoms with Crippen LogP contribution in [0.2, 0.25) is 0 Å². The first-order valence-corrected chi connectivity index (χ1v) is 4.80. The van der Waals surface area contributed by atoms with E-state index in [2.05, 4.69) is 10.4 Å². The number of halogens is 2. The average Bonchev–Trinajstić information content (AvgIpc) is 2.71. The lowest BCUT2D eigenvalue weighted by Gasteiger charge is -2.17. The van der Waals surface area contributed by atoms with Crippen molar-refractivity contribution in [2.45, 2.75) is 12.8 Å². The number of hydrogen-bond acceptors (Lipinski definition) is 4. The highest BCUT2D eigenvalue weighted by Crippen LogP contribution is 2.24. The van der Waals surface area contributed by atoms with E-state index in [1.165, 1.54) is 0 Å². The van der Waals surface area contributed by atoms with E-state index in [9.17, 15) is 8.78 Å². The molecule has 15 heavy (non-hydrogen) atoms. The molecular formula is C9H12F2N4. The van der Waals surface area contributed by atoms with Gasteiger partial charge in [0.1, 0.15) is 0 Å². The van der Waals surface area contributed by atoms with Gasteiger partial charge in [0.15, 0.2) is 23.3 Å². The highest BCUT2D eigenvalue weighted by molar-refractivity contribution is 5.49. The van der Waals surface area contributed by atoms with Gasteiger partial charge in [0.05, 0.1) is 0 Å². The van der Waals surface area contributed by atoms with Gasteiger partial charge in [-0.1, -0.05) is 0 Å².